The van der Waals surface area contributed by atoms with Crippen LogP contribution in [-0.4, -0.2) is 41.8 Å². The topological polar surface area (TPSA) is 49.7 Å². The van der Waals surface area contributed by atoms with Crippen molar-refractivity contribution in [3.63, 3.8) is 0 Å². The largest absolute Gasteiger partial charge is 0.417 e. The summed E-state index contributed by atoms with van der Waals surface area (Å²) < 4.78 is 45.6. The molecule has 0 unspecified atom stereocenters. The van der Waals surface area contributed by atoms with Crippen molar-refractivity contribution in [2.45, 2.75) is 90.0 Å². The van der Waals surface area contributed by atoms with Crippen LogP contribution in [0.25, 0.3) is 0 Å². The van der Waals surface area contributed by atoms with Gasteiger partial charge in [0.15, 0.2) is 5.60 Å². The predicted molar refractivity (Wildman–Crippen MR) is 113 cm³/mol. The molecule has 0 aromatic carbocycles. The van der Waals surface area contributed by atoms with E-state index in [0.29, 0.717) is 48.5 Å². The number of methoxy groups -OCH3 is 1. The van der Waals surface area contributed by atoms with Crippen molar-refractivity contribution in [3.05, 3.63) is 0 Å². The van der Waals surface area contributed by atoms with Crippen LogP contribution >= 0.6 is 0 Å². The van der Waals surface area contributed by atoms with Gasteiger partial charge in [0.2, 0.25) is 0 Å². The molecular weight excluding hydrogens is 405 g/mol. The molecule has 4 fully saturated rings. The summed E-state index contributed by atoms with van der Waals surface area (Å²) in [5.41, 5.74) is -2.30. The highest BCUT2D eigenvalue weighted by atomic mass is 19.4. The third kappa shape index (κ3) is 3.77. The molecule has 0 amide bonds. The summed E-state index contributed by atoms with van der Waals surface area (Å²) in [5.74, 6) is 3.19. The van der Waals surface area contributed by atoms with Crippen molar-refractivity contribution >= 4 is 0 Å². The number of rotatable bonds is 4. The molecule has 0 aromatic heterocycles. The van der Waals surface area contributed by atoms with Gasteiger partial charge in [-0.25, -0.2) is 0 Å². The molecule has 0 aliphatic heterocycles. The van der Waals surface area contributed by atoms with Gasteiger partial charge in [0, 0.05) is 7.11 Å². The van der Waals surface area contributed by atoms with Crippen LogP contribution in [0.5, 0.6) is 0 Å². The SMILES string of the molecule is COC[C@@H](O)[C@H](C)[C@H]1C[C@@H](C)[C@H]2[C@@H]3CC[C@@H]4C[C@@](O)(C(F)(F)F)CC[C@@H]4[C@H]3CC[C@@]21C. The van der Waals surface area contributed by atoms with Crippen LogP contribution in [0.1, 0.15) is 72.1 Å². The summed E-state index contributed by atoms with van der Waals surface area (Å²) in [6.07, 6.45) is 0.398. The molecule has 11 atom stereocenters. The first kappa shape index (κ1) is 23.8. The maximum Gasteiger partial charge on any atom is 0.417 e. The molecule has 0 bridgehead atoms. The van der Waals surface area contributed by atoms with Crippen LogP contribution < -0.4 is 0 Å². The Labute approximate surface area is 185 Å². The van der Waals surface area contributed by atoms with Crippen molar-refractivity contribution in [2.24, 2.45) is 52.8 Å². The molecule has 0 radical (unpaired) electrons. The Morgan fingerprint density at radius 2 is 1.74 bits per heavy atom. The monoisotopic (exact) mass is 446 g/mol. The molecule has 6 heteroatoms. The van der Waals surface area contributed by atoms with Gasteiger partial charge < -0.3 is 14.9 Å². The van der Waals surface area contributed by atoms with Gasteiger partial charge >= 0.3 is 6.18 Å². The van der Waals surface area contributed by atoms with E-state index in [1.807, 2.05) is 0 Å². The van der Waals surface area contributed by atoms with Crippen molar-refractivity contribution in [1.29, 1.82) is 0 Å². The van der Waals surface area contributed by atoms with E-state index in [0.717, 1.165) is 32.1 Å². The Kier molecular flexibility index (Phi) is 6.27. The lowest BCUT2D eigenvalue weighted by molar-refractivity contribution is -0.282. The predicted octanol–water partition coefficient (Wildman–Crippen LogP) is 5.44. The van der Waals surface area contributed by atoms with Gasteiger partial charge in [-0.1, -0.05) is 20.8 Å². The number of ether oxygens (including phenoxy) is 1. The molecule has 3 nitrogen and oxygen atoms in total. The van der Waals surface area contributed by atoms with Gasteiger partial charge in [0.1, 0.15) is 0 Å². The number of fused-ring (bicyclic) bond motifs is 5. The highest BCUT2D eigenvalue weighted by Gasteiger charge is 2.63. The van der Waals surface area contributed by atoms with E-state index in [4.69, 9.17) is 4.74 Å². The molecule has 4 rings (SSSR count). The Bertz CT molecular complexity index is 654. The van der Waals surface area contributed by atoms with Crippen LogP contribution in [0, 0.1) is 52.8 Å². The first-order chi connectivity index (χ1) is 14.4. The van der Waals surface area contributed by atoms with E-state index >= 15 is 0 Å². The molecule has 4 saturated carbocycles. The van der Waals surface area contributed by atoms with Crippen LogP contribution in [0.3, 0.4) is 0 Å². The second-order valence-electron chi connectivity index (χ2n) is 11.9. The maximum absolute atomic E-state index is 13.5. The number of aliphatic hydroxyl groups excluding tert-OH is 1. The second-order valence-corrected chi connectivity index (χ2v) is 11.9. The van der Waals surface area contributed by atoms with E-state index in [1.54, 1.807) is 7.11 Å². The van der Waals surface area contributed by atoms with Crippen molar-refractivity contribution in [1.82, 2.24) is 0 Å². The zero-order valence-electron chi connectivity index (χ0n) is 19.5. The number of halogens is 3. The van der Waals surface area contributed by atoms with Gasteiger partial charge in [0.05, 0.1) is 12.7 Å². The van der Waals surface area contributed by atoms with Crippen molar-refractivity contribution in [3.8, 4) is 0 Å². The summed E-state index contributed by atoms with van der Waals surface area (Å²) in [6.45, 7) is 7.31. The van der Waals surface area contributed by atoms with Crippen molar-refractivity contribution < 1.29 is 28.1 Å². The zero-order valence-corrected chi connectivity index (χ0v) is 19.5. The molecule has 31 heavy (non-hydrogen) atoms. The van der Waals surface area contributed by atoms with Gasteiger partial charge in [-0.2, -0.15) is 13.2 Å². The minimum absolute atomic E-state index is 0.000867. The number of hydrogen-bond donors (Lipinski definition) is 2. The smallest absolute Gasteiger partial charge is 0.390 e. The molecule has 0 saturated heterocycles. The summed E-state index contributed by atoms with van der Waals surface area (Å²) in [6, 6.07) is 0. The van der Waals surface area contributed by atoms with Crippen LogP contribution in [0.15, 0.2) is 0 Å². The van der Waals surface area contributed by atoms with Crippen molar-refractivity contribution in [2.75, 3.05) is 13.7 Å². The molecule has 180 valence electrons. The molecular formula is C25H41F3O3. The third-order valence-electron chi connectivity index (χ3n) is 10.5. The van der Waals surface area contributed by atoms with Crippen LogP contribution in [0.4, 0.5) is 13.2 Å². The van der Waals surface area contributed by atoms with Gasteiger partial charge in [0.25, 0.3) is 0 Å². The first-order valence-electron chi connectivity index (χ1n) is 12.4. The van der Waals surface area contributed by atoms with E-state index in [9.17, 15) is 23.4 Å². The van der Waals surface area contributed by atoms with Gasteiger partial charge in [-0.3, -0.25) is 0 Å². The van der Waals surface area contributed by atoms with Gasteiger partial charge in [-0.15, -0.1) is 0 Å². The first-order valence-corrected chi connectivity index (χ1v) is 12.4. The number of aliphatic hydroxyl groups is 2. The Balaban J connectivity index is 1.52. The normalized spacial score (nSPS) is 49.6. The average molecular weight is 447 g/mol. The minimum atomic E-state index is -4.52. The molecule has 0 heterocycles. The summed E-state index contributed by atoms with van der Waals surface area (Å²) in [5, 5.41) is 20.9. The van der Waals surface area contributed by atoms with E-state index < -0.39 is 17.9 Å². The lowest BCUT2D eigenvalue weighted by Gasteiger charge is -2.58. The fraction of sp³-hybridized carbons (Fsp3) is 1.00. The fourth-order valence-corrected chi connectivity index (χ4v) is 9.14. The lowest BCUT2D eigenvalue weighted by Crippen LogP contribution is -2.55. The Hall–Kier alpha value is -0.330. The van der Waals surface area contributed by atoms with E-state index in [2.05, 4.69) is 20.8 Å². The quantitative estimate of drug-likeness (QED) is 0.605. The summed E-state index contributed by atoms with van der Waals surface area (Å²) in [7, 11) is 1.63. The highest BCUT2D eigenvalue weighted by molar-refractivity contribution is 5.10. The maximum atomic E-state index is 13.5. The molecule has 4 aliphatic rings. The minimum Gasteiger partial charge on any atom is -0.390 e. The fourth-order valence-electron chi connectivity index (χ4n) is 9.14. The Morgan fingerprint density at radius 1 is 1.06 bits per heavy atom. The van der Waals surface area contributed by atoms with Crippen LogP contribution in [-0.2, 0) is 4.74 Å². The molecule has 0 aromatic rings. The van der Waals surface area contributed by atoms with E-state index in [1.165, 1.54) is 0 Å². The summed E-state index contributed by atoms with van der Waals surface area (Å²) in [4.78, 5) is 0. The van der Waals surface area contributed by atoms with Gasteiger partial charge in [-0.05, 0) is 104 Å². The highest BCUT2D eigenvalue weighted by Crippen LogP contribution is 2.67. The second kappa shape index (κ2) is 8.16. The molecule has 2 N–H and O–H groups in total. The standard InChI is InChI=1S/C25H41F3O3/c1-14-11-20(15(2)21(29)13-31-4)23(3)9-7-18-17-8-10-24(30,25(26,27)28)12-16(17)5-6-19(18)22(14)23/h14-22,29-30H,5-13H2,1-4H3/t14-,15-,16-,17+,18-,19-,20-,21-,22+,23-,24-/m1/s1. The lowest BCUT2D eigenvalue weighted by atomic mass is 9.47. The average Bonchev–Trinajstić information content (AvgIpc) is 2.97. The Morgan fingerprint density at radius 3 is 2.39 bits per heavy atom. The third-order valence-corrected chi connectivity index (χ3v) is 10.5. The zero-order chi connectivity index (χ0) is 22.8. The summed E-state index contributed by atoms with van der Waals surface area (Å²) >= 11 is 0. The number of hydrogen-bond acceptors (Lipinski definition) is 3. The van der Waals surface area contributed by atoms with E-state index in [-0.39, 0.29) is 30.1 Å². The molecule has 0 spiro atoms. The molecule has 4 aliphatic carbocycles. The van der Waals surface area contributed by atoms with Crippen LogP contribution in [0.2, 0.25) is 0 Å². The number of alkyl halides is 3.